The van der Waals surface area contributed by atoms with E-state index in [-0.39, 0.29) is 23.8 Å². The molecular weight excluding hydrogens is 372 g/mol. The third-order valence-corrected chi connectivity index (χ3v) is 9.03. The van der Waals surface area contributed by atoms with Gasteiger partial charge in [0, 0.05) is 5.92 Å². The molecule has 0 aliphatic heterocycles. The fourth-order valence-electron chi connectivity index (χ4n) is 8.23. The van der Waals surface area contributed by atoms with E-state index in [2.05, 4.69) is 6.58 Å². The molecule has 0 aromatic heterocycles. The molecule has 7 atom stereocenters. The molecule has 0 amide bonds. The molecule has 4 fully saturated rings. The van der Waals surface area contributed by atoms with Crippen molar-refractivity contribution in [3.63, 3.8) is 0 Å². The number of fused-ring (bicyclic) bond motifs is 3. The Hall–Kier alpha value is -1.85. The van der Waals surface area contributed by atoms with Crippen molar-refractivity contribution in [3.8, 4) is 0 Å². The van der Waals surface area contributed by atoms with E-state index in [0.29, 0.717) is 25.2 Å². The number of allylic oxidation sites excluding steroid dienone is 1. The number of carbonyl (C=O) groups excluding carboxylic acids is 3. The van der Waals surface area contributed by atoms with Crippen LogP contribution in [0, 0.1) is 39.9 Å². The molecule has 0 aromatic carbocycles. The lowest BCUT2D eigenvalue weighted by Crippen LogP contribution is -2.55. The van der Waals surface area contributed by atoms with Crippen LogP contribution in [0.25, 0.3) is 0 Å². The van der Waals surface area contributed by atoms with Crippen LogP contribution in [-0.2, 0) is 28.6 Å². The predicted octanol–water partition coefficient (Wildman–Crippen LogP) is 3.29. The van der Waals surface area contributed by atoms with Gasteiger partial charge in [0.1, 0.15) is 0 Å². The predicted molar refractivity (Wildman–Crippen MR) is 104 cm³/mol. The van der Waals surface area contributed by atoms with E-state index in [9.17, 15) is 14.4 Å². The van der Waals surface area contributed by atoms with E-state index in [1.165, 1.54) is 26.9 Å². The smallest absolute Gasteiger partial charge is 0.312 e. The number of hydrogen-bond acceptors (Lipinski definition) is 6. The molecular formula is C23H32O6. The number of carbonyl (C=O) groups is 3. The summed E-state index contributed by atoms with van der Waals surface area (Å²) < 4.78 is 15.9. The van der Waals surface area contributed by atoms with Crippen molar-refractivity contribution in [1.29, 1.82) is 0 Å². The lowest BCUT2D eigenvalue weighted by atomic mass is 9.52. The van der Waals surface area contributed by atoms with Crippen molar-refractivity contribution in [3.05, 3.63) is 12.2 Å². The fourth-order valence-corrected chi connectivity index (χ4v) is 8.23. The molecule has 6 heteroatoms. The summed E-state index contributed by atoms with van der Waals surface area (Å²) in [5.74, 6) is -1.64. The van der Waals surface area contributed by atoms with Crippen molar-refractivity contribution in [1.82, 2.24) is 0 Å². The first-order valence-corrected chi connectivity index (χ1v) is 10.6. The van der Waals surface area contributed by atoms with Gasteiger partial charge < -0.3 is 14.2 Å². The van der Waals surface area contributed by atoms with E-state index in [1.807, 2.05) is 6.92 Å². The van der Waals surface area contributed by atoms with Crippen molar-refractivity contribution in [2.75, 3.05) is 21.3 Å². The monoisotopic (exact) mass is 404 g/mol. The Bertz CT molecular complexity index is 773. The second-order valence-electron chi connectivity index (χ2n) is 9.87. The second-order valence-corrected chi connectivity index (χ2v) is 9.87. The van der Waals surface area contributed by atoms with Gasteiger partial charge in [-0.2, -0.15) is 0 Å². The van der Waals surface area contributed by atoms with Crippen LogP contribution in [0.4, 0.5) is 0 Å². The average Bonchev–Trinajstić information content (AvgIpc) is 3.14. The molecule has 4 aliphatic rings. The van der Waals surface area contributed by atoms with Gasteiger partial charge in [-0.15, -0.1) is 0 Å². The summed E-state index contributed by atoms with van der Waals surface area (Å²) >= 11 is 0. The highest BCUT2D eigenvalue weighted by atomic mass is 16.5. The summed E-state index contributed by atoms with van der Waals surface area (Å²) in [5.41, 5.74) is -1.04. The van der Waals surface area contributed by atoms with Gasteiger partial charge in [-0.05, 0) is 62.7 Å². The van der Waals surface area contributed by atoms with Crippen molar-refractivity contribution >= 4 is 17.9 Å². The number of hydrogen-bond donors (Lipinski definition) is 0. The van der Waals surface area contributed by atoms with Crippen LogP contribution in [0.2, 0.25) is 0 Å². The molecule has 0 aromatic rings. The third-order valence-electron chi connectivity index (χ3n) is 9.03. The van der Waals surface area contributed by atoms with Crippen LogP contribution in [0.3, 0.4) is 0 Å². The molecule has 0 heterocycles. The summed E-state index contributed by atoms with van der Waals surface area (Å²) in [7, 11) is 4.19. The normalized spacial score (nSPS) is 45.2. The summed E-state index contributed by atoms with van der Waals surface area (Å²) in [4.78, 5) is 39.9. The summed E-state index contributed by atoms with van der Waals surface area (Å²) in [5, 5.41) is 0. The van der Waals surface area contributed by atoms with Crippen LogP contribution in [0.5, 0.6) is 0 Å². The largest absolute Gasteiger partial charge is 0.469 e. The molecule has 29 heavy (non-hydrogen) atoms. The third kappa shape index (κ3) is 2.32. The van der Waals surface area contributed by atoms with E-state index in [1.54, 1.807) is 0 Å². The van der Waals surface area contributed by atoms with Gasteiger partial charge in [-0.1, -0.05) is 18.6 Å². The Morgan fingerprint density at radius 3 is 2.31 bits per heavy atom. The molecule has 1 spiro atoms. The van der Waals surface area contributed by atoms with Crippen LogP contribution in [-0.4, -0.2) is 39.2 Å². The number of rotatable bonds is 3. The number of methoxy groups -OCH3 is 3. The van der Waals surface area contributed by atoms with Crippen LogP contribution in [0.15, 0.2) is 12.2 Å². The first kappa shape index (κ1) is 20.4. The zero-order valence-electron chi connectivity index (χ0n) is 17.9. The highest BCUT2D eigenvalue weighted by Gasteiger charge is 2.79. The van der Waals surface area contributed by atoms with Gasteiger partial charge in [0.25, 0.3) is 0 Å². The van der Waals surface area contributed by atoms with Crippen molar-refractivity contribution < 1.29 is 28.6 Å². The topological polar surface area (TPSA) is 78.9 Å². The molecule has 0 saturated heterocycles. The summed E-state index contributed by atoms with van der Waals surface area (Å²) in [6.07, 6.45) is 5.32. The summed E-state index contributed by atoms with van der Waals surface area (Å²) in [6, 6.07) is 0. The molecule has 4 saturated carbocycles. The fraction of sp³-hybridized carbons (Fsp3) is 0.783. The first-order chi connectivity index (χ1) is 13.7. The Labute approximate surface area is 172 Å². The minimum Gasteiger partial charge on any atom is -0.469 e. The molecule has 4 aliphatic carbocycles. The van der Waals surface area contributed by atoms with Crippen molar-refractivity contribution in [2.24, 2.45) is 39.9 Å². The number of ether oxygens (including phenoxy) is 3. The zero-order chi connectivity index (χ0) is 21.2. The minimum absolute atomic E-state index is 0.0173. The number of esters is 3. The van der Waals surface area contributed by atoms with Gasteiger partial charge in [0.05, 0.1) is 38.1 Å². The minimum atomic E-state index is -0.939. The molecule has 2 bridgehead atoms. The SMILES string of the molecule is C=C1C[C@]23CC1CC[C@H]2[C@]1(C(=O)OC)CCC[C@@](C)(C(=O)OC)[C@H]1[C@@H]3C(=O)OC. The zero-order valence-corrected chi connectivity index (χ0v) is 17.9. The van der Waals surface area contributed by atoms with Crippen LogP contribution in [0.1, 0.15) is 51.9 Å². The maximum atomic E-state index is 13.5. The van der Waals surface area contributed by atoms with E-state index in [4.69, 9.17) is 14.2 Å². The van der Waals surface area contributed by atoms with Crippen LogP contribution < -0.4 is 0 Å². The molecule has 0 radical (unpaired) electrons. The van der Waals surface area contributed by atoms with Crippen LogP contribution >= 0.6 is 0 Å². The average molecular weight is 405 g/mol. The lowest BCUT2D eigenvalue weighted by Gasteiger charge is -2.50. The molecule has 4 rings (SSSR count). The molecule has 0 N–H and O–H groups in total. The van der Waals surface area contributed by atoms with Gasteiger partial charge in [0.2, 0.25) is 0 Å². The van der Waals surface area contributed by atoms with E-state index < -0.39 is 28.1 Å². The Kier molecular flexibility index (Phi) is 4.63. The van der Waals surface area contributed by atoms with Gasteiger partial charge in [0.15, 0.2) is 0 Å². The van der Waals surface area contributed by atoms with Crippen molar-refractivity contribution in [2.45, 2.75) is 51.9 Å². The molecule has 1 unspecified atom stereocenters. The Morgan fingerprint density at radius 2 is 1.69 bits per heavy atom. The van der Waals surface area contributed by atoms with E-state index in [0.717, 1.165) is 25.7 Å². The maximum absolute atomic E-state index is 13.5. The Morgan fingerprint density at radius 1 is 1.00 bits per heavy atom. The highest BCUT2D eigenvalue weighted by Crippen LogP contribution is 2.78. The second kappa shape index (κ2) is 6.58. The maximum Gasteiger partial charge on any atom is 0.312 e. The van der Waals surface area contributed by atoms with Gasteiger partial charge >= 0.3 is 17.9 Å². The van der Waals surface area contributed by atoms with E-state index >= 15 is 0 Å². The van der Waals surface area contributed by atoms with Gasteiger partial charge in [-0.3, -0.25) is 14.4 Å². The Balaban J connectivity index is 2.00. The standard InChI is InChI=1S/C23H32O6/c1-13-11-22-12-14(13)7-8-15(22)23(20(26)29-5)10-6-9-21(2,19(25)28-4)17(23)16(22)18(24)27-3/h14-17H,1,6-12H2,2-5H3/t14?,15-,16-,17-,21-,22+,23-/m1/s1. The highest BCUT2D eigenvalue weighted by molar-refractivity contribution is 5.87. The first-order valence-electron chi connectivity index (χ1n) is 10.6. The quantitative estimate of drug-likeness (QED) is 0.408. The molecule has 6 nitrogen and oxygen atoms in total. The lowest BCUT2D eigenvalue weighted by molar-refractivity contribution is -0.181. The molecule has 160 valence electrons. The van der Waals surface area contributed by atoms with Gasteiger partial charge in [-0.25, -0.2) is 0 Å². The summed E-state index contributed by atoms with van der Waals surface area (Å²) in [6.45, 7) is 6.17.